The molecule has 1 unspecified atom stereocenters. The van der Waals surface area contributed by atoms with Crippen LogP contribution in [0.15, 0.2) is 30.3 Å². The van der Waals surface area contributed by atoms with Crippen LogP contribution in [-0.2, 0) is 9.47 Å². The highest BCUT2D eigenvalue weighted by molar-refractivity contribution is 5.02. The van der Waals surface area contributed by atoms with Gasteiger partial charge in [0.1, 0.15) is 5.82 Å². The molecule has 3 nitrogen and oxygen atoms in total. The second kappa shape index (κ2) is 9.36. The molecule has 4 heteroatoms. The minimum atomic E-state index is -0.451. The molecule has 2 N–H and O–H groups in total. The van der Waals surface area contributed by atoms with Crippen LogP contribution in [0.25, 0.3) is 0 Å². The fraction of sp³-hybridized carbons (Fsp3) is 0.684. The third kappa shape index (κ3) is 6.21. The summed E-state index contributed by atoms with van der Waals surface area (Å²) in [5.74, 6) is -0.629. The Hall–Kier alpha value is -0.970. The first-order chi connectivity index (χ1) is 10.9. The predicted octanol–water partition coefficient (Wildman–Crippen LogP) is 4.51. The second-order valence-electron chi connectivity index (χ2n) is 6.70. The summed E-state index contributed by atoms with van der Waals surface area (Å²) in [7, 11) is 0. The maximum Gasteiger partial charge on any atom is 0.183 e. The molecule has 1 saturated carbocycles. The summed E-state index contributed by atoms with van der Waals surface area (Å²) in [6.07, 6.45) is 4.37. The molecule has 0 amide bonds. The number of hydrogen-bond donors (Lipinski definition) is 1. The van der Waals surface area contributed by atoms with Crippen LogP contribution in [0.3, 0.4) is 0 Å². The van der Waals surface area contributed by atoms with Crippen LogP contribution in [0, 0.1) is 11.2 Å². The molecule has 1 aromatic carbocycles. The van der Waals surface area contributed by atoms with E-state index in [1.807, 2.05) is 13.8 Å². The number of benzene rings is 1. The SMILES string of the molecule is CC.CC1(C)COC2(CCCCC2N)OC1.Fc1ccccc1. The van der Waals surface area contributed by atoms with Crippen molar-refractivity contribution >= 4 is 0 Å². The van der Waals surface area contributed by atoms with Crippen LogP contribution in [0.4, 0.5) is 4.39 Å². The summed E-state index contributed by atoms with van der Waals surface area (Å²) in [5.41, 5.74) is 6.22. The van der Waals surface area contributed by atoms with Crippen molar-refractivity contribution in [2.45, 2.75) is 65.2 Å². The van der Waals surface area contributed by atoms with E-state index in [-0.39, 0.29) is 17.3 Å². The third-order valence-electron chi connectivity index (χ3n) is 4.00. The van der Waals surface area contributed by atoms with Gasteiger partial charge < -0.3 is 15.2 Å². The normalized spacial score (nSPS) is 24.7. The summed E-state index contributed by atoms with van der Waals surface area (Å²) >= 11 is 0. The van der Waals surface area contributed by atoms with Gasteiger partial charge in [0.05, 0.1) is 19.3 Å². The van der Waals surface area contributed by atoms with E-state index in [0.29, 0.717) is 0 Å². The Balaban J connectivity index is 0.000000247. The van der Waals surface area contributed by atoms with Gasteiger partial charge in [-0.3, -0.25) is 0 Å². The van der Waals surface area contributed by atoms with Crippen LogP contribution < -0.4 is 5.73 Å². The molecule has 2 fully saturated rings. The maximum atomic E-state index is 11.9. The second-order valence-corrected chi connectivity index (χ2v) is 6.70. The average Bonchev–Trinajstić information content (AvgIpc) is 2.56. The van der Waals surface area contributed by atoms with Crippen molar-refractivity contribution in [2.24, 2.45) is 11.1 Å². The van der Waals surface area contributed by atoms with Gasteiger partial charge >= 0.3 is 0 Å². The van der Waals surface area contributed by atoms with Gasteiger partial charge in [-0.2, -0.15) is 0 Å². The Morgan fingerprint density at radius 2 is 1.61 bits per heavy atom. The van der Waals surface area contributed by atoms with Crippen molar-refractivity contribution in [3.8, 4) is 0 Å². The number of halogens is 1. The molecule has 1 aliphatic carbocycles. The Kier molecular flexibility index (Phi) is 8.17. The molecule has 0 radical (unpaired) electrons. The van der Waals surface area contributed by atoms with Gasteiger partial charge in [0.15, 0.2) is 5.79 Å². The van der Waals surface area contributed by atoms with Crippen LogP contribution in [0.2, 0.25) is 0 Å². The van der Waals surface area contributed by atoms with Crippen molar-refractivity contribution in [2.75, 3.05) is 13.2 Å². The minimum Gasteiger partial charge on any atom is -0.348 e. The van der Waals surface area contributed by atoms with Crippen LogP contribution in [0.1, 0.15) is 53.4 Å². The molecule has 1 spiro atoms. The Labute approximate surface area is 140 Å². The van der Waals surface area contributed by atoms with E-state index >= 15 is 0 Å². The summed E-state index contributed by atoms with van der Waals surface area (Å²) in [5, 5.41) is 0. The number of ether oxygens (including phenoxy) is 2. The Morgan fingerprint density at radius 1 is 1.04 bits per heavy atom. The average molecular weight is 325 g/mol. The standard InChI is InChI=1S/C11H21NO2.C6H5F.C2H6/c1-10(2)7-13-11(14-8-10)6-4-3-5-9(11)12;7-6-4-2-1-3-5-6;1-2/h9H,3-8,12H2,1-2H3;1-5H;1-2H3. The molecule has 132 valence electrons. The molecular weight excluding hydrogens is 293 g/mol. The lowest BCUT2D eigenvalue weighted by molar-refractivity contribution is -0.316. The fourth-order valence-corrected chi connectivity index (χ4v) is 2.63. The highest BCUT2D eigenvalue weighted by Crippen LogP contribution is 2.38. The first kappa shape index (κ1) is 20.1. The fourth-order valence-electron chi connectivity index (χ4n) is 2.63. The number of rotatable bonds is 0. The molecule has 2 aliphatic rings. The Morgan fingerprint density at radius 3 is 2.04 bits per heavy atom. The zero-order chi connectivity index (χ0) is 17.3. The number of nitrogens with two attached hydrogens (primary N) is 1. The lowest BCUT2D eigenvalue weighted by atomic mass is 9.86. The zero-order valence-electron chi connectivity index (χ0n) is 15.0. The summed E-state index contributed by atoms with van der Waals surface area (Å²) in [6.45, 7) is 9.85. The lowest BCUT2D eigenvalue weighted by Gasteiger charge is -2.48. The molecular formula is C19H32FNO2. The molecule has 3 rings (SSSR count). The van der Waals surface area contributed by atoms with E-state index in [2.05, 4.69) is 13.8 Å². The quantitative estimate of drug-likeness (QED) is 0.763. The van der Waals surface area contributed by atoms with E-state index in [4.69, 9.17) is 15.2 Å². The van der Waals surface area contributed by atoms with Crippen molar-refractivity contribution in [3.05, 3.63) is 36.1 Å². The molecule has 1 saturated heterocycles. The van der Waals surface area contributed by atoms with Crippen molar-refractivity contribution in [1.29, 1.82) is 0 Å². The largest absolute Gasteiger partial charge is 0.348 e. The van der Waals surface area contributed by atoms with E-state index in [1.54, 1.807) is 18.2 Å². The zero-order valence-corrected chi connectivity index (χ0v) is 15.0. The molecule has 1 aliphatic heterocycles. The summed E-state index contributed by atoms with van der Waals surface area (Å²) in [6, 6.07) is 8.00. The minimum absolute atomic E-state index is 0.0624. The van der Waals surface area contributed by atoms with Gasteiger partial charge in [0.25, 0.3) is 0 Å². The van der Waals surface area contributed by atoms with Gasteiger partial charge in [0.2, 0.25) is 0 Å². The molecule has 1 atom stereocenters. The van der Waals surface area contributed by atoms with E-state index < -0.39 is 5.79 Å². The van der Waals surface area contributed by atoms with Crippen molar-refractivity contribution in [1.82, 2.24) is 0 Å². The van der Waals surface area contributed by atoms with Gasteiger partial charge in [-0.15, -0.1) is 0 Å². The van der Waals surface area contributed by atoms with E-state index in [0.717, 1.165) is 26.1 Å². The molecule has 1 aromatic rings. The van der Waals surface area contributed by atoms with Crippen molar-refractivity contribution in [3.63, 3.8) is 0 Å². The van der Waals surface area contributed by atoms with Gasteiger partial charge in [-0.25, -0.2) is 4.39 Å². The highest BCUT2D eigenvalue weighted by Gasteiger charge is 2.46. The topological polar surface area (TPSA) is 44.5 Å². The summed E-state index contributed by atoms with van der Waals surface area (Å²) < 4.78 is 23.7. The maximum absolute atomic E-state index is 11.9. The molecule has 0 aromatic heterocycles. The highest BCUT2D eigenvalue weighted by atomic mass is 19.1. The first-order valence-electron chi connectivity index (χ1n) is 8.68. The number of hydrogen-bond acceptors (Lipinski definition) is 3. The van der Waals surface area contributed by atoms with E-state index in [1.165, 1.54) is 25.0 Å². The van der Waals surface area contributed by atoms with Crippen molar-refractivity contribution < 1.29 is 13.9 Å². The summed E-state index contributed by atoms with van der Waals surface area (Å²) in [4.78, 5) is 0. The molecule has 0 bridgehead atoms. The predicted molar refractivity (Wildman–Crippen MR) is 92.6 cm³/mol. The van der Waals surface area contributed by atoms with Gasteiger partial charge in [-0.1, -0.05) is 52.3 Å². The smallest absolute Gasteiger partial charge is 0.183 e. The Bertz CT molecular complexity index is 426. The van der Waals surface area contributed by atoms with Crippen LogP contribution in [-0.4, -0.2) is 25.0 Å². The van der Waals surface area contributed by atoms with Crippen LogP contribution in [0.5, 0.6) is 0 Å². The monoisotopic (exact) mass is 325 g/mol. The molecule has 23 heavy (non-hydrogen) atoms. The van der Waals surface area contributed by atoms with Crippen LogP contribution >= 0.6 is 0 Å². The molecule has 1 heterocycles. The van der Waals surface area contributed by atoms with E-state index in [9.17, 15) is 4.39 Å². The van der Waals surface area contributed by atoms with Gasteiger partial charge in [0, 0.05) is 11.8 Å². The lowest BCUT2D eigenvalue weighted by Crippen LogP contribution is -2.59. The van der Waals surface area contributed by atoms with Gasteiger partial charge in [-0.05, 0) is 25.0 Å². The first-order valence-corrected chi connectivity index (χ1v) is 8.68. The third-order valence-corrected chi connectivity index (χ3v) is 4.00.